The molecule has 0 saturated carbocycles. The molecule has 0 bridgehead atoms. The number of hydrogen-bond donors (Lipinski definition) is 1. The fourth-order valence-corrected chi connectivity index (χ4v) is 2.15. The van der Waals surface area contributed by atoms with Gasteiger partial charge < -0.3 is 5.11 Å². The zero-order chi connectivity index (χ0) is 14.2. The smallest absolute Gasteiger partial charge is 0.234 e. The number of ketones is 2. The van der Waals surface area contributed by atoms with Crippen LogP contribution in [0.2, 0.25) is 0 Å². The Morgan fingerprint density at radius 2 is 1.58 bits per heavy atom. The molecule has 0 aliphatic heterocycles. The van der Waals surface area contributed by atoms with Gasteiger partial charge in [0.1, 0.15) is 5.76 Å². The Morgan fingerprint density at radius 1 is 1.00 bits per heavy atom. The van der Waals surface area contributed by atoms with Crippen LogP contribution in [0.1, 0.15) is 49.5 Å². The van der Waals surface area contributed by atoms with Crippen LogP contribution in [-0.2, 0) is 4.79 Å². The molecule has 1 aliphatic carbocycles. The van der Waals surface area contributed by atoms with Crippen molar-refractivity contribution in [3.05, 3.63) is 41.0 Å². The van der Waals surface area contributed by atoms with E-state index in [1.54, 1.807) is 24.3 Å². The fourth-order valence-electron chi connectivity index (χ4n) is 2.15. The first-order chi connectivity index (χ1) is 8.81. The number of allylic oxidation sites excluding steroid dienone is 1. The molecule has 1 N–H and O–H groups in total. The van der Waals surface area contributed by atoms with E-state index in [9.17, 15) is 14.7 Å². The largest absolute Gasteiger partial charge is 0.507 e. The lowest BCUT2D eigenvalue weighted by Gasteiger charge is -2.22. The Bertz CT molecular complexity index is 574. The third-order valence-electron chi connectivity index (χ3n) is 3.32. The van der Waals surface area contributed by atoms with Gasteiger partial charge in [0.05, 0.1) is 0 Å². The van der Waals surface area contributed by atoms with E-state index in [0.717, 1.165) is 6.42 Å². The van der Waals surface area contributed by atoms with Crippen molar-refractivity contribution in [1.82, 2.24) is 0 Å². The van der Waals surface area contributed by atoms with Gasteiger partial charge in [0.15, 0.2) is 0 Å². The molecule has 2 rings (SSSR count). The summed E-state index contributed by atoms with van der Waals surface area (Å²) in [6.07, 6.45) is 1.17. The van der Waals surface area contributed by atoms with Crippen molar-refractivity contribution in [2.75, 3.05) is 0 Å². The summed E-state index contributed by atoms with van der Waals surface area (Å²) >= 11 is 0. The Hall–Kier alpha value is -1.90. The molecule has 0 atom stereocenters. The summed E-state index contributed by atoms with van der Waals surface area (Å²) in [5, 5.41) is 10.2. The van der Waals surface area contributed by atoms with Crippen LogP contribution in [0, 0.1) is 5.41 Å². The predicted octanol–water partition coefficient (Wildman–Crippen LogP) is 3.55. The van der Waals surface area contributed by atoms with E-state index in [-0.39, 0.29) is 16.7 Å². The maximum absolute atomic E-state index is 12.0. The molecule has 0 heterocycles. The molecule has 3 nitrogen and oxygen atoms in total. The molecule has 0 amide bonds. The van der Waals surface area contributed by atoms with Gasteiger partial charge in [-0.2, -0.15) is 0 Å². The van der Waals surface area contributed by atoms with Crippen LogP contribution < -0.4 is 0 Å². The predicted molar refractivity (Wildman–Crippen MR) is 74.0 cm³/mol. The number of rotatable bonds is 2. The van der Waals surface area contributed by atoms with Crippen LogP contribution >= 0.6 is 0 Å². The zero-order valence-electron chi connectivity index (χ0n) is 11.5. The minimum Gasteiger partial charge on any atom is -0.507 e. The highest BCUT2D eigenvalue weighted by Crippen LogP contribution is 2.32. The van der Waals surface area contributed by atoms with Gasteiger partial charge in [0, 0.05) is 16.7 Å². The van der Waals surface area contributed by atoms with E-state index in [4.69, 9.17) is 0 Å². The molecule has 19 heavy (non-hydrogen) atoms. The van der Waals surface area contributed by atoms with E-state index >= 15 is 0 Å². The van der Waals surface area contributed by atoms with Crippen LogP contribution in [0.4, 0.5) is 0 Å². The van der Waals surface area contributed by atoms with Crippen molar-refractivity contribution in [3.63, 3.8) is 0 Å². The zero-order valence-corrected chi connectivity index (χ0v) is 11.5. The second-order valence-electron chi connectivity index (χ2n) is 6.09. The summed E-state index contributed by atoms with van der Waals surface area (Å²) in [5.41, 5.74) is 1.06. The molecule has 0 saturated heterocycles. The summed E-state index contributed by atoms with van der Waals surface area (Å²) in [6, 6.07) is 6.69. The van der Waals surface area contributed by atoms with Gasteiger partial charge in [0.25, 0.3) is 0 Å². The Kier molecular flexibility index (Phi) is 3.31. The third kappa shape index (κ3) is 2.60. The average molecular weight is 258 g/mol. The van der Waals surface area contributed by atoms with Gasteiger partial charge in [-0.1, -0.05) is 45.0 Å². The van der Waals surface area contributed by atoms with Gasteiger partial charge in [-0.25, -0.2) is 0 Å². The fraction of sp³-hybridized carbons (Fsp3) is 0.375. The summed E-state index contributed by atoms with van der Waals surface area (Å²) in [5.74, 6) is -1.12. The van der Waals surface area contributed by atoms with Gasteiger partial charge in [-0.15, -0.1) is 0 Å². The molecule has 100 valence electrons. The van der Waals surface area contributed by atoms with Gasteiger partial charge >= 0.3 is 0 Å². The Balaban J connectivity index is 2.42. The van der Waals surface area contributed by atoms with Crippen molar-refractivity contribution in [2.45, 2.75) is 33.6 Å². The lowest BCUT2D eigenvalue weighted by atomic mass is 9.82. The van der Waals surface area contributed by atoms with E-state index in [0.29, 0.717) is 17.5 Å². The highest BCUT2D eigenvalue weighted by atomic mass is 16.3. The van der Waals surface area contributed by atoms with Crippen LogP contribution in [0.25, 0.3) is 5.76 Å². The molecule has 1 aromatic carbocycles. The van der Waals surface area contributed by atoms with Crippen LogP contribution in [0.3, 0.4) is 0 Å². The maximum atomic E-state index is 12.0. The van der Waals surface area contributed by atoms with Crippen LogP contribution in [0.5, 0.6) is 0 Å². The maximum Gasteiger partial charge on any atom is 0.234 e. The van der Waals surface area contributed by atoms with Crippen LogP contribution in [0.15, 0.2) is 29.8 Å². The van der Waals surface area contributed by atoms with Crippen molar-refractivity contribution < 1.29 is 14.7 Å². The summed E-state index contributed by atoms with van der Waals surface area (Å²) in [6.45, 7) is 6.19. The van der Waals surface area contributed by atoms with Crippen molar-refractivity contribution in [1.29, 1.82) is 0 Å². The summed E-state index contributed by atoms with van der Waals surface area (Å²) < 4.78 is 0. The van der Waals surface area contributed by atoms with Crippen molar-refractivity contribution in [2.24, 2.45) is 5.41 Å². The first-order valence-electron chi connectivity index (χ1n) is 6.42. The molecule has 1 aliphatic rings. The van der Waals surface area contributed by atoms with Crippen molar-refractivity contribution in [3.8, 4) is 0 Å². The number of hydrogen-bond acceptors (Lipinski definition) is 3. The highest BCUT2D eigenvalue weighted by molar-refractivity contribution is 6.52. The number of Topliss-reactive ketones (excluding diaryl/α,β-unsaturated/α-hetero) is 2. The number of carbonyl (C=O) groups excluding carboxylic acids is 2. The monoisotopic (exact) mass is 258 g/mol. The molecular weight excluding hydrogens is 240 g/mol. The number of carbonyl (C=O) groups is 2. The van der Waals surface area contributed by atoms with Gasteiger partial charge in [-0.05, 0) is 18.3 Å². The van der Waals surface area contributed by atoms with Gasteiger partial charge in [-0.3, -0.25) is 9.59 Å². The van der Waals surface area contributed by atoms with E-state index in [1.165, 1.54) is 0 Å². The topological polar surface area (TPSA) is 54.4 Å². The molecule has 3 heteroatoms. The van der Waals surface area contributed by atoms with Crippen molar-refractivity contribution >= 4 is 17.3 Å². The molecule has 0 unspecified atom stereocenters. The molecule has 0 radical (unpaired) electrons. The molecule has 0 spiro atoms. The van der Waals surface area contributed by atoms with Gasteiger partial charge in [0.2, 0.25) is 11.6 Å². The lowest BCUT2D eigenvalue weighted by molar-refractivity contribution is -0.112. The SMILES string of the molecule is CC(C)(C)CCC1=C(O)c2ccccc2C(=O)C1=O. The molecule has 1 aromatic rings. The molecular formula is C16H18O3. The average Bonchev–Trinajstić information content (AvgIpc) is 2.35. The second kappa shape index (κ2) is 4.65. The molecule has 0 aromatic heterocycles. The summed E-state index contributed by atoms with van der Waals surface area (Å²) in [4.78, 5) is 24.1. The first kappa shape index (κ1) is 13.5. The summed E-state index contributed by atoms with van der Waals surface area (Å²) in [7, 11) is 0. The number of aliphatic hydroxyl groups excluding tert-OH is 1. The van der Waals surface area contributed by atoms with Crippen LogP contribution in [-0.4, -0.2) is 16.7 Å². The minimum atomic E-state index is -0.569. The Morgan fingerprint density at radius 3 is 2.16 bits per heavy atom. The minimum absolute atomic E-state index is 0.0375. The van der Waals surface area contributed by atoms with E-state index in [2.05, 4.69) is 20.8 Å². The first-order valence-corrected chi connectivity index (χ1v) is 6.42. The standard InChI is InChI=1S/C16H18O3/c1-16(2,3)9-8-12-13(17)10-6-4-5-7-11(10)14(18)15(12)19/h4-7,17H,8-9H2,1-3H3. The highest BCUT2D eigenvalue weighted by Gasteiger charge is 2.32. The number of benzene rings is 1. The van der Waals surface area contributed by atoms with E-state index in [1.807, 2.05) is 0 Å². The lowest BCUT2D eigenvalue weighted by Crippen LogP contribution is -2.24. The quantitative estimate of drug-likeness (QED) is 0.825. The normalized spacial score (nSPS) is 15.7. The van der Waals surface area contributed by atoms with E-state index < -0.39 is 11.6 Å². The third-order valence-corrected chi connectivity index (χ3v) is 3.32. The molecule has 0 fully saturated rings. The Labute approximate surface area is 113 Å². The second-order valence-corrected chi connectivity index (χ2v) is 6.09. The number of aliphatic hydroxyl groups is 1. The number of fused-ring (bicyclic) bond motifs is 1.